The number of hydrazone groups is 1. The van der Waals surface area contributed by atoms with Gasteiger partial charge in [-0.05, 0) is 36.4 Å². The number of hydrogen-bond acceptors (Lipinski definition) is 4. The van der Waals surface area contributed by atoms with E-state index in [1.54, 1.807) is 42.5 Å². The second-order valence-electron chi connectivity index (χ2n) is 8.46. The van der Waals surface area contributed by atoms with Crippen LogP contribution in [0.5, 0.6) is 5.75 Å². The van der Waals surface area contributed by atoms with Crippen molar-refractivity contribution >= 4 is 17.5 Å². The number of ether oxygens (including phenoxy) is 1. The minimum atomic E-state index is -4.53. The summed E-state index contributed by atoms with van der Waals surface area (Å²) in [4.78, 5) is 27.3. The molecule has 1 heterocycles. The van der Waals surface area contributed by atoms with Gasteiger partial charge in [0.1, 0.15) is 18.1 Å². The maximum Gasteiger partial charge on any atom is 0.416 e. The van der Waals surface area contributed by atoms with Gasteiger partial charge in [0.15, 0.2) is 0 Å². The fraction of sp³-hybridized carbons (Fsp3) is 0.222. The number of halogens is 4. The van der Waals surface area contributed by atoms with Gasteiger partial charge in [-0.15, -0.1) is 0 Å². The molecular formula is C27H23F4N3O3. The van der Waals surface area contributed by atoms with Crippen molar-refractivity contribution in [1.82, 2.24) is 9.91 Å². The third kappa shape index (κ3) is 5.47. The Morgan fingerprint density at radius 3 is 2.32 bits per heavy atom. The van der Waals surface area contributed by atoms with Gasteiger partial charge in [-0.25, -0.2) is 9.40 Å². The van der Waals surface area contributed by atoms with Crippen molar-refractivity contribution in [3.63, 3.8) is 0 Å². The summed E-state index contributed by atoms with van der Waals surface area (Å²) in [6, 6.07) is 16.3. The van der Waals surface area contributed by atoms with Gasteiger partial charge in [-0.2, -0.15) is 18.3 Å². The van der Waals surface area contributed by atoms with Crippen LogP contribution in [0.15, 0.2) is 77.9 Å². The molecule has 0 aliphatic carbocycles. The van der Waals surface area contributed by atoms with Crippen LogP contribution in [0.1, 0.15) is 39.5 Å². The van der Waals surface area contributed by atoms with Crippen LogP contribution in [0, 0.1) is 5.82 Å². The number of carbonyl (C=O) groups is 2. The van der Waals surface area contributed by atoms with E-state index in [1.165, 1.54) is 25.2 Å². The number of likely N-dealkylation sites (N-methyl/N-ethyl adjacent to an activating group) is 1. The van der Waals surface area contributed by atoms with Crippen LogP contribution in [0.2, 0.25) is 0 Å². The van der Waals surface area contributed by atoms with Crippen molar-refractivity contribution in [1.29, 1.82) is 0 Å². The third-order valence-electron chi connectivity index (χ3n) is 6.03. The Morgan fingerprint density at radius 1 is 1.03 bits per heavy atom. The Hall–Kier alpha value is -4.21. The molecule has 10 heteroatoms. The van der Waals surface area contributed by atoms with E-state index >= 15 is 0 Å². The number of para-hydroxylation sites is 1. The van der Waals surface area contributed by atoms with Gasteiger partial charge in [-0.1, -0.05) is 36.4 Å². The number of carbonyl (C=O) groups excluding carboxylic acids is 2. The number of benzene rings is 3. The summed E-state index contributed by atoms with van der Waals surface area (Å²) in [5, 5.41) is 5.62. The molecule has 1 aliphatic rings. The Bertz CT molecular complexity index is 1340. The number of alkyl halides is 3. The maximum atomic E-state index is 14.5. The predicted octanol–water partition coefficient (Wildman–Crippen LogP) is 5.30. The fourth-order valence-electron chi connectivity index (χ4n) is 4.15. The summed E-state index contributed by atoms with van der Waals surface area (Å²) in [5.74, 6) is -1.15. The molecule has 0 fully saturated rings. The van der Waals surface area contributed by atoms with Crippen molar-refractivity contribution in [2.75, 3.05) is 20.7 Å². The van der Waals surface area contributed by atoms with Crippen molar-refractivity contribution < 1.29 is 31.9 Å². The average Bonchev–Trinajstić information content (AvgIpc) is 3.33. The molecule has 3 aromatic rings. The van der Waals surface area contributed by atoms with Crippen LogP contribution in [0.4, 0.5) is 17.6 Å². The molecule has 0 radical (unpaired) electrons. The first-order valence-electron chi connectivity index (χ1n) is 11.3. The molecule has 1 atom stereocenters. The molecule has 1 aliphatic heterocycles. The van der Waals surface area contributed by atoms with Crippen molar-refractivity contribution in [3.05, 3.63) is 101 Å². The quantitative estimate of drug-likeness (QED) is 0.420. The van der Waals surface area contributed by atoms with E-state index in [4.69, 9.17) is 4.74 Å². The largest absolute Gasteiger partial charge is 0.496 e. The van der Waals surface area contributed by atoms with Crippen molar-refractivity contribution in [2.45, 2.75) is 18.6 Å². The molecule has 0 N–H and O–H groups in total. The van der Waals surface area contributed by atoms with Crippen molar-refractivity contribution in [3.8, 4) is 5.75 Å². The highest BCUT2D eigenvalue weighted by atomic mass is 19.4. The molecular weight excluding hydrogens is 490 g/mol. The van der Waals surface area contributed by atoms with Crippen LogP contribution < -0.4 is 4.74 Å². The molecule has 4 rings (SSSR count). The molecule has 0 aromatic heterocycles. The lowest BCUT2D eigenvalue weighted by molar-refractivity contribution is -0.137. The molecule has 0 saturated carbocycles. The van der Waals surface area contributed by atoms with Gasteiger partial charge < -0.3 is 9.64 Å². The van der Waals surface area contributed by atoms with Gasteiger partial charge in [-0.3, -0.25) is 9.59 Å². The Balaban J connectivity index is 1.60. The molecule has 6 nitrogen and oxygen atoms in total. The number of nitrogens with zero attached hydrogens (tertiary/aromatic N) is 3. The summed E-state index contributed by atoms with van der Waals surface area (Å²) in [5.41, 5.74) is 0.396. The molecule has 0 saturated heterocycles. The maximum absolute atomic E-state index is 14.5. The smallest absolute Gasteiger partial charge is 0.416 e. The lowest BCUT2D eigenvalue weighted by Gasteiger charge is -2.26. The van der Waals surface area contributed by atoms with Gasteiger partial charge in [0.25, 0.3) is 11.8 Å². The summed E-state index contributed by atoms with van der Waals surface area (Å²) in [6.45, 7) is -0.403. The zero-order valence-corrected chi connectivity index (χ0v) is 20.0. The summed E-state index contributed by atoms with van der Waals surface area (Å²) >= 11 is 0. The highest BCUT2D eigenvalue weighted by Crippen LogP contribution is 2.38. The van der Waals surface area contributed by atoms with E-state index in [1.807, 2.05) is 0 Å². The predicted molar refractivity (Wildman–Crippen MR) is 129 cm³/mol. The minimum Gasteiger partial charge on any atom is -0.496 e. The summed E-state index contributed by atoms with van der Waals surface area (Å²) < 4.78 is 58.5. The van der Waals surface area contributed by atoms with E-state index < -0.39 is 42.0 Å². The summed E-state index contributed by atoms with van der Waals surface area (Å²) in [6.07, 6.45) is -4.32. The SMILES string of the molecule is COc1ccccc1[C@H]1CC(c2ccccc2F)=NN1C(=O)CN(C)C(=O)c1ccc(C(F)(F)F)cc1. The molecule has 0 unspecified atom stereocenters. The molecule has 3 aromatic carbocycles. The lowest BCUT2D eigenvalue weighted by Crippen LogP contribution is -2.39. The second-order valence-corrected chi connectivity index (χ2v) is 8.46. The van der Waals surface area contributed by atoms with Gasteiger partial charge in [0.2, 0.25) is 0 Å². The fourth-order valence-corrected chi connectivity index (χ4v) is 4.15. The zero-order chi connectivity index (χ0) is 26.7. The lowest BCUT2D eigenvalue weighted by atomic mass is 9.97. The molecule has 37 heavy (non-hydrogen) atoms. The van der Waals surface area contributed by atoms with Crippen LogP contribution in [-0.4, -0.2) is 48.1 Å². The highest BCUT2D eigenvalue weighted by molar-refractivity contribution is 6.04. The Kier molecular flexibility index (Phi) is 7.28. The summed E-state index contributed by atoms with van der Waals surface area (Å²) in [7, 11) is 2.86. The first-order valence-corrected chi connectivity index (χ1v) is 11.3. The number of rotatable bonds is 6. The van der Waals surface area contributed by atoms with Crippen LogP contribution in [0.3, 0.4) is 0 Å². The van der Waals surface area contributed by atoms with E-state index in [-0.39, 0.29) is 17.5 Å². The molecule has 0 bridgehead atoms. The zero-order valence-electron chi connectivity index (χ0n) is 20.0. The minimum absolute atomic E-state index is 0.00143. The average molecular weight is 513 g/mol. The topological polar surface area (TPSA) is 62.2 Å². The molecule has 0 spiro atoms. The number of methoxy groups -OCH3 is 1. The Morgan fingerprint density at radius 2 is 1.68 bits per heavy atom. The van der Waals surface area contributed by atoms with Gasteiger partial charge in [0.05, 0.1) is 24.4 Å². The first kappa shape index (κ1) is 25.9. The monoisotopic (exact) mass is 513 g/mol. The molecule has 2 amide bonds. The number of hydrogen-bond donors (Lipinski definition) is 0. The molecule has 192 valence electrons. The van der Waals surface area contributed by atoms with E-state index in [9.17, 15) is 27.2 Å². The van der Waals surface area contributed by atoms with Gasteiger partial charge in [0, 0.05) is 30.2 Å². The van der Waals surface area contributed by atoms with Crippen molar-refractivity contribution in [2.24, 2.45) is 5.10 Å². The van der Waals surface area contributed by atoms with E-state index in [2.05, 4.69) is 5.10 Å². The van der Waals surface area contributed by atoms with Crippen LogP contribution >= 0.6 is 0 Å². The highest BCUT2D eigenvalue weighted by Gasteiger charge is 2.36. The van der Waals surface area contributed by atoms with Crippen LogP contribution in [0.25, 0.3) is 0 Å². The van der Waals surface area contributed by atoms with E-state index in [0.29, 0.717) is 17.0 Å². The van der Waals surface area contributed by atoms with Gasteiger partial charge >= 0.3 is 6.18 Å². The van der Waals surface area contributed by atoms with Crippen LogP contribution in [-0.2, 0) is 11.0 Å². The second kappa shape index (κ2) is 10.4. The number of amides is 2. The normalized spacial score (nSPS) is 15.4. The standard InChI is InChI=1S/C27H23F4N3O3/c1-33(26(36)17-11-13-18(14-12-17)27(29,30)31)16-25(35)34-23(20-8-4-6-10-24(20)37-2)15-22(32-34)19-7-3-5-9-21(19)28/h3-14,23H,15-16H2,1-2H3/t23-/m1/s1. The first-order chi connectivity index (χ1) is 17.6. The van der Waals surface area contributed by atoms with E-state index in [0.717, 1.165) is 29.2 Å². The third-order valence-corrected chi connectivity index (χ3v) is 6.03. The Labute approximate surface area is 210 Å².